The molecule has 0 aliphatic rings. The van der Waals surface area contributed by atoms with Crippen LogP contribution in [0.5, 0.6) is 5.75 Å². The Hall–Kier alpha value is -2.11. The molecule has 2 aromatic rings. The van der Waals surface area contributed by atoms with Crippen molar-refractivity contribution in [3.05, 3.63) is 18.2 Å². The second kappa shape index (κ2) is 5.90. The monoisotopic (exact) mass is 275 g/mol. The molecule has 0 bridgehead atoms. The maximum Gasteiger partial charge on any atom is 0.182 e. The number of hydrogen-bond acceptors (Lipinski definition) is 5. The highest BCUT2D eigenvalue weighted by molar-refractivity contribution is 5.64. The van der Waals surface area contributed by atoms with Gasteiger partial charge in [0.15, 0.2) is 5.82 Å². The van der Waals surface area contributed by atoms with Crippen LogP contribution >= 0.6 is 0 Å². The van der Waals surface area contributed by atoms with Gasteiger partial charge in [0.05, 0.1) is 7.11 Å². The number of nitrogens with zero attached hydrogens (tertiary/aromatic N) is 4. The average molecular weight is 275 g/mol. The standard InChI is InChI=1S/C14H21N5O/c1-9(2)10(3)8-19-14(16-17-18-19)11-5-12(15)7-13(6-11)20-4/h5-7,9-10H,8,15H2,1-4H3. The van der Waals surface area contributed by atoms with Crippen molar-refractivity contribution in [2.45, 2.75) is 27.3 Å². The number of hydrogen-bond donors (Lipinski definition) is 1. The van der Waals surface area contributed by atoms with Crippen LogP contribution in [0.2, 0.25) is 0 Å². The molecule has 1 unspecified atom stereocenters. The quantitative estimate of drug-likeness (QED) is 0.846. The Bertz CT molecular complexity index is 579. The smallest absolute Gasteiger partial charge is 0.182 e. The van der Waals surface area contributed by atoms with Crippen LogP contribution in [0.25, 0.3) is 11.4 Å². The number of nitrogen functional groups attached to an aromatic ring is 1. The Labute approximate surface area is 118 Å². The number of benzene rings is 1. The molecule has 0 saturated heterocycles. The summed E-state index contributed by atoms with van der Waals surface area (Å²) in [6.45, 7) is 7.35. The topological polar surface area (TPSA) is 78.8 Å². The van der Waals surface area contributed by atoms with Gasteiger partial charge in [-0.1, -0.05) is 20.8 Å². The third kappa shape index (κ3) is 3.07. The van der Waals surface area contributed by atoms with E-state index in [9.17, 15) is 0 Å². The lowest BCUT2D eigenvalue weighted by molar-refractivity contribution is 0.347. The van der Waals surface area contributed by atoms with Crippen molar-refractivity contribution in [3.63, 3.8) is 0 Å². The number of methoxy groups -OCH3 is 1. The van der Waals surface area contributed by atoms with Crippen LogP contribution in [-0.4, -0.2) is 27.3 Å². The van der Waals surface area contributed by atoms with Crippen LogP contribution in [0, 0.1) is 11.8 Å². The van der Waals surface area contributed by atoms with Gasteiger partial charge in [-0.2, -0.15) is 0 Å². The van der Waals surface area contributed by atoms with Gasteiger partial charge in [0.25, 0.3) is 0 Å². The molecule has 1 aromatic carbocycles. The molecular formula is C14H21N5O. The Kier molecular flexibility index (Phi) is 4.22. The Morgan fingerprint density at radius 1 is 1.25 bits per heavy atom. The van der Waals surface area contributed by atoms with E-state index < -0.39 is 0 Å². The summed E-state index contributed by atoms with van der Waals surface area (Å²) in [5.74, 6) is 2.47. The lowest BCUT2D eigenvalue weighted by Gasteiger charge is -2.16. The normalized spacial score (nSPS) is 12.7. The van der Waals surface area contributed by atoms with Gasteiger partial charge in [-0.15, -0.1) is 5.10 Å². The number of rotatable bonds is 5. The molecule has 0 amide bonds. The SMILES string of the molecule is COc1cc(N)cc(-c2nnnn2CC(C)C(C)C)c1. The number of tetrazole rings is 1. The Balaban J connectivity index is 2.34. The molecule has 2 N–H and O–H groups in total. The van der Waals surface area contributed by atoms with Gasteiger partial charge in [-0.05, 0) is 34.4 Å². The summed E-state index contributed by atoms with van der Waals surface area (Å²) in [5.41, 5.74) is 7.38. The van der Waals surface area contributed by atoms with Gasteiger partial charge < -0.3 is 10.5 Å². The average Bonchev–Trinajstić information content (AvgIpc) is 2.85. The van der Waals surface area contributed by atoms with Gasteiger partial charge in [0.2, 0.25) is 0 Å². The largest absolute Gasteiger partial charge is 0.497 e. The first-order valence-corrected chi connectivity index (χ1v) is 6.72. The summed E-state index contributed by atoms with van der Waals surface area (Å²) in [4.78, 5) is 0. The minimum absolute atomic E-state index is 0.486. The molecule has 0 aliphatic carbocycles. The fourth-order valence-electron chi connectivity index (χ4n) is 1.89. The molecule has 0 fully saturated rings. The van der Waals surface area contributed by atoms with Crippen LogP contribution in [0.15, 0.2) is 18.2 Å². The second-order valence-corrected chi connectivity index (χ2v) is 5.40. The highest BCUT2D eigenvalue weighted by atomic mass is 16.5. The van der Waals surface area contributed by atoms with Crippen molar-refractivity contribution < 1.29 is 4.74 Å². The van der Waals surface area contributed by atoms with E-state index in [0.717, 1.165) is 12.1 Å². The molecule has 6 heteroatoms. The van der Waals surface area contributed by atoms with E-state index in [1.165, 1.54) is 0 Å². The van der Waals surface area contributed by atoms with Crippen molar-refractivity contribution in [2.75, 3.05) is 12.8 Å². The summed E-state index contributed by atoms with van der Waals surface area (Å²) in [6.07, 6.45) is 0. The highest BCUT2D eigenvalue weighted by Gasteiger charge is 2.15. The number of ether oxygens (including phenoxy) is 1. The van der Waals surface area contributed by atoms with Gasteiger partial charge >= 0.3 is 0 Å². The molecule has 0 radical (unpaired) electrons. The van der Waals surface area contributed by atoms with Gasteiger partial charge in [0, 0.05) is 23.9 Å². The van der Waals surface area contributed by atoms with E-state index in [4.69, 9.17) is 10.5 Å². The van der Waals surface area contributed by atoms with Crippen LogP contribution in [0.4, 0.5) is 5.69 Å². The zero-order chi connectivity index (χ0) is 14.7. The summed E-state index contributed by atoms with van der Waals surface area (Å²) >= 11 is 0. The lowest BCUT2D eigenvalue weighted by Crippen LogP contribution is -2.15. The molecule has 1 atom stereocenters. The molecule has 1 aromatic heterocycles. The molecule has 1 heterocycles. The highest BCUT2D eigenvalue weighted by Crippen LogP contribution is 2.26. The zero-order valence-corrected chi connectivity index (χ0v) is 12.4. The molecule has 20 heavy (non-hydrogen) atoms. The van der Waals surface area contributed by atoms with E-state index in [0.29, 0.717) is 29.1 Å². The fraction of sp³-hybridized carbons (Fsp3) is 0.500. The first-order valence-electron chi connectivity index (χ1n) is 6.72. The predicted octanol–water partition coefficient (Wildman–Crippen LogP) is 2.22. The maximum atomic E-state index is 5.88. The van der Waals surface area contributed by atoms with Crippen LogP contribution < -0.4 is 10.5 Å². The van der Waals surface area contributed by atoms with E-state index in [1.807, 2.05) is 16.8 Å². The second-order valence-electron chi connectivity index (χ2n) is 5.40. The van der Waals surface area contributed by atoms with E-state index in [-0.39, 0.29) is 0 Å². The first-order chi connectivity index (χ1) is 9.51. The van der Waals surface area contributed by atoms with Crippen LogP contribution in [-0.2, 0) is 6.54 Å². The Morgan fingerprint density at radius 2 is 2.00 bits per heavy atom. The molecule has 0 spiro atoms. The third-order valence-electron chi connectivity index (χ3n) is 3.55. The molecule has 0 aliphatic heterocycles. The number of anilines is 1. The number of aromatic nitrogens is 4. The van der Waals surface area contributed by atoms with E-state index >= 15 is 0 Å². The van der Waals surface area contributed by atoms with Crippen LogP contribution in [0.3, 0.4) is 0 Å². The van der Waals surface area contributed by atoms with Gasteiger partial charge in [-0.3, -0.25) is 0 Å². The molecule has 0 saturated carbocycles. The summed E-state index contributed by atoms with van der Waals surface area (Å²) in [6, 6.07) is 5.51. The fourth-order valence-corrected chi connectivity index (χ4v) is 1.89. The first kappa shape index (κ1) is 14.3. The van der Waals surface area contributed by atoms with E-state index in [2.05, 4.69) is 36.3 Å². The third-order valence-corrected chi connectivity index (χ3v) is 3.55. The summed E-state index contributed by atoms with van der Waals surface area (Å²) in [7, 11) is 1.61. The summed E-state index contributed by atoms with van der Waals surface area (Å²) < 4.78 is 7.05. The minimum atomic E-state index is 0.486. The van der Waals surface area contributed by atoms with Crippen molar-refractivity contribution in [1.82, 2.24) is 20.2 Å². The van der Waals surface area contributed by atoms with E-state index in [1.54, 1.807) is 13.2 Å². The van der Waals surface area contributed by atoms with Gasteiger partial charge in [-0.25, -0.2) is 4.68 Å². The maximum absolute atomic E-state index is 5.88. The van der Waals surface area contributed by atoms with Gasteiger partial charge in [0.1, 0.15) is 5.75 Å². The molecule has 6 nitrogen and oxygen atoms in total. The minimum Gasteiger partial charge on any atom is -0.497 e. The lowest BCUT2D eigenvalue weighted by atomic mass is 9.98. The molecular weight excluding hydrogens is 254 g/mol. The molecule has 108 valence electrons. The summed E-state index contributed by atoms with van der Waals surface area (Å²) in [5, 5.41) is 12.0. The van der Waals surface area contributed by atoms with Crippen molar-refractivity contribution in [2.24, 2.45) is 11.8 Å². The van der Waals surface area contributed by atoms with Crippen molar-refractivity contribution >= 4 is 5.69 Å². The van der Waals surface area contributed by atoms with Crippen molar-refractivity contribution in [1.29, 1.82) is 0 Å². The molecule has 2 rings (SSSR count). The van der Waals surface area contributed by atoms with Crippen LogP contribution in [0.1, 0.15) is 20.8 Å². The predicted molar refractivity (Wildman–Crippen MR) is 78.2 cm³/mol. The number of nitrogens with two attached hydrogens (primary N) is 1. The van der Waals surface area contributed by atoms with Crippen molar-refractivity contribution in [3.8, 4) is 17.1 Å². The Morgan fingerprint density at radius 3 is 2.65 bits per heavy atom. The zero-order valence-electron chi connectivity index (χ0n) is 12.4.